The van der Waals surface area contributed by atoms with E-state index in [-0.39, 0.29) is 23.1 Å². The summed E-state index contributed by atoms with van der Waals surface area (Å²) in [7, 11) is 0. The second kappa shape index (κ2) is 3.50. The fourth-order valence-electron chi connectivity index (χ4n) is 1.35. The van der Waals surface area contributed by atoms with Crippen molar-refractivity contribution >= 4 is 28.6 Å². The highest BCUT2D eigenvalue weighted by Gasteiger charge is 2.15. The number of hydrogen-bond donors (Lipinski definition) is 4. The largest absolute Gasteiger partial charge is 0.370 e. The van der Waals surface area contributed by atoms with Crippen LogP contribution in [0.25, 0.3) is 11.0 Å². The maximum Gasteiger partial charge on any atom is 0.297 e. The summed E-state index contributed by atoms with van der Waals surface area (Å²) in [4.78, 5) is 16.9. The van der Waals surface area contributed by atoms with Crippen LogP contribution in [-0.2, 0) is 0 Å². The Morgan fingerprint density at radius 3 is 3.00 bits per heavy atom. The van der Waals surface area contributed by atoms with Crippen molar-refractivity contribution in [2.75, 3.05) is 5.32 Å². The van der Waals surface area contributed by atoms with Crippen LogP contribution in [0.4, 0.5) is 11.6 Å². The van der Waals surface area contributed by atoms with Gasteiger partial charge in [0.2, 0.25) is 5.95 Å². The minimum atomic E-state index is -0.513. The highest BCUT2D eigenvalue weighted by atomic mass is 16.6. The third-order valence-corrected chi connectivity index (χ3v) is 1.94. The van der Waals surface area contributed by atoms with Crippen molar-refractivity contribution in [1.82, 2.24) is 9.97 Å². The lowest BCUT2D eigenvalue weighted by Gasteiger charge is -1.95. The van der Waals surface area contributed by atoms with Gasteiger partial charge in [0.15, 0.2) is 11.5 Å². The molecule has 0 radical (unpaired) electrons. The minimum absolute atomic E-state index is 0.0923. The molecule has 2 rings (SSSR count). The molecule has 0 amide bonds. The third kappa shape index (κ3) is 1.63. The zero-order valence-corrected chi connectivity index (χ0v) is 8.02. The van der Waals surface area contributed by atoms with E-state index in [0.29, 0.717) is 5.52 Å². The molecule has 16 heavy (non-hydrogen) atoms. The van der Waals surface area contributed by atoms with Crippen LogP contribution in [0.5, 0.6) is 0 Å². The van der Waals surface area contributed by atoms with E-state index in [9.17, 15) is 10.1 Å². The molecule has 0 unspecified atom stereocenters. The number of imidazole rings is 1. The first-order valence-electron chi connectivity index (χ1n) is 4.32. The molecule has 0 aliphatic rings. The number of nitro groups is 1. The Balaban J connectivity index is 2.56. The van der Waals surface area contributed by atoms with Crippen molar-refractivity contribution in [3.8, 4) is 0 Å². The predicted molar refractivity (Wildman–Crippen MR) is 58.3 cm³/mol. The van der Waals surface area contributed by atoms with E-state index in [0.717, 1.165) is 0 Å². The number of fused-ring (bicyclic) bond motifs is 1. The molecule has 82 valence electrons. The second-order valence-corrected chi connectivity index (χ2v) is 3.05. The summed E-state index contributed by atoms with van der Waals surface area (Å²) < 4.78 is 0. The van der Waals surface area contributed by atoms with Crippen LogP contribution >= 0.6 is 0 Å². The van der Waals surface area contributed by atoms with E-state index in [1.807, 2.05) is 0 Å². The maximum absolute atomic E-state index is 10.7. The highest BCUT2D eigenvalue weighted by molar-refractivity contribution is 5.92. The van der Waals surface area contributed by atoms with Gasteiger partial charge >= 0.3 is 0 Å². The van der Waals surface area contributed by atoms with Crippen LogP contribution in [0.2, 0.25) is 0 Å². The first-order chi connectivity index (χ1) is 7.58. The number of aromatic nitrogens is 2. The van der Waals surface area contributed by atoms with E-state index in [1.54, 1.807) is 12.1 Å². The van der Waals surface area contributed by atoms with Crippen LogP contribution < -0.4 is 11.1 Å². The average Bonchev–Trinajstić information content (AvgIpc) is 2.57. The number of nitrogens with zero attached hydrogens (tertiary/aromatic N) is 2. The molecule has 0 atom stereocenters. The van der Waals surface area contributed by atoms with Crippen molar-refractivity contribution in [3.05, 3.63) is 28.3 Å². The van der Waals surface area contributed by atoms with E-state index in [4.69, 9.17) is 11.1 Å². The number of nitro benzene ring substituents is 1. The quantitative estimate of drug-likeness (QED) is 0.257. The molecule has 0 saturated heterocycles. The number of benzene rings is 1. The van der Waals surface area contributed by atoms with Crippen LogP contribution in [0.3, 0.4) is 0 Å². The number of anilines is 1. The molecule has 0 bridgehead atoms. The van der Waals surface area contributed by atoms with Gasteiger partial charge in [-0.2, -0.15) is 0 Å². The van der Waals surface area contributed by atoms with Gasteiger partial charge in [-0.3, -0.25) is 20.8 Å². The Kier molecular flexibility index (Phi) is 2.16. The number of aromatic amines is 1. The van der Waals surface area contributed by atoms with E-state index < -0.39 is 4.92 Å². The monoisotopic (exact) mass is 220 g/mol. The van der Waals surface area contributed by atoms with Crippen LogP contribution in [0.1, 0.15) is 0 Å². The molecular formula is C8H8N6O2. The number of nitrogens with one attached hydrogen (secondary N) is 3. The highest BCUT2D eigenvalue weighted by Crippen LogP contribution is 2.24. The zero-order chi connectivity index (χ0) is 11.7. The number of para-hydroxylation sites is 1. The Morgan fingerprint density at radius 1 is 1.62 bits per heavy atom. The standard InChI is InChI=1S/C8H8N6O2/c9-7(10)13-8-11-4-2-1-3-5(14(15)16)6(4)12-8/h1-3H,(H5,9,10,11,12,13). The minimum Gasteiger partial charge on any atom is -0.370 e. The summed E-state index contributed by atoms with van der Waals surface area (Å²) in [6.07, 6.45) is 0. The normalized spacial score (nSPS) is 10.2. The molecular weight excluding hydrogens is 212 g/mol. The molecule has 1 aromatic carbocycles. The molecule has 2 aromatic rings. The van der Waals surface area contributed by atoms with Gasteiger partial charge in [0.05, 0.1) is 10.4 Å². The Morgan fingerprint density at radius 2 is 2.38 bits per heavy atom. The van der Waals surface area contributed by atoms with E-state index in [2.05, 4.69) is 15.3 Å². The number of hydrogen-bond acceptors (Lipinski definition) is 4. The van der Waals surface area contributed by atoms with Crippen molar-refractivity contribution in [1.29, 1.82) is 5.41 Å². The Labute approximate surface area is 89.1 Å². The van der Waals surface area contributed by atoms with Gasteiger partial charge in [-0.25, -0.2) is 4.98 Å². The zero-order valence-electron chi connectivity index (χ0n) is 8.02. The lowest BCUT2D eigenvalue weighted by Crippen LogP contribution is -2.21. The number of H-pyrrole nitrogens is 1. The van der Waals surface area contributed by atoms with E-state index >= 15 is 0 Å². The van der Waals surface area contributed by atoms with Crippen molar-refractivity contribution < 1.29 is 4.92 Å². The average molecular weight is 220 g/mol. The Bertz CT molecular complexity index is 575. The lowest BCUT2D eigenvalue weighted by molar-refractivity contribution is -0.383. The number of non-ortho nitro benzene ring substituents is 1. The summed E-state index contributed by atoms with van der Waals surface area (Å²) in [5.74, 6) is -0.0847. The molecule has 0 saturated carbocycles. The molecule has 1 heterocycles. The van der Waals surface area contributed by atoms with Crippen molar-refractivity contribution in [2.45, 2.75) is 0 Å². The van der Waals surface area contributed by atoms with Gasteiger partial charge in [0, 0.05) is 6.07 Å². The predicted octanol–water partition coefficient (Wildman–Crippen LogP) is 0.776. The topological polar surface area (TPSA) is 134 Å². The van der Waals surface area contributed by atoms with Crippen LogP contribution in [0, 0.1) is 15.5 Å². The first kappa shape index (κ1) is 9.90. The van der Waals surface area contributed by atoms with Gasteiger partial charge in [0.1, 0.15) is 0 Å². The van der Waals surface area contributed by atoms with Gasteiger partial charge in [0.25, 0.3) is 5.69 Å². The Hall–Kier alpha value is -2.64. The van der Waals surface area contributed by atoms with Gasteiger partial charge in [-0.1, -0.05) is 6.07 Å². The fourth-order valence-corrected chi connectivity index (χ4v) is 1.35. The van der Waals surface area contributed by atoms with Gasteiger partial charge in [-0.05, 0) is 6.07 Å². The molecule has 8 heteroatoms. The molecule has 5 N–H and O–H groups in total. The first-order valence-corrected chi connectivity index (χ1v) is 4.32. The molecule has 0 spiro atoms. The maximum atomic E-state index is 10.7. The molecule has 1 aromatic heterocycles. The van der Waals surface area contributed by atoms with Crippen molar-refractivity contribution in [2.24, 2.45) is 5.73 Å². The SMILES string of the molecule is N=C(N)Nc1nc2c([N+](=O)[O-])cccc2[nH]1. The summed E-state index contributed by atoms with van der Waals surface area (Å²) in [6, 6.07) is 4.57. The second-order valence-electron chi connectivity index (χ2n) is 3.05. The van der Waals surface area contributed by atoms with Crippen LogP contribution in [0.15, 0.2) is 18.2 Å². The molecule has 0 aliphatic carbocycles. The molecule has 0 aliphatic heterocycles. The summed E-state index contributed by atoms with van der Waals surface area (Å²) in [5, 5.41) is 20.2. The van der Waals surface area contributed by atoms with Crippen molar-refractivity contribution in [3.63, 3.8) is 0 Å². The third-order valence-electron chi connectivity index (χ3n) is 1.94. The fraction of sp³-hybridized carbons (Fsp3) is 0. The number of nitrogens with two attached hydrogens (primary N) is 1. The van der Waals surface area contributed by atoms with Gasteiger partial charge < -0.3 is 10.7 Å². The summed E-state index contributed by atoms with van der Waals surface area (Å²) in [6.45, 7) is 0. The van der Waals surface area contributed by atoms with E-state index in [1.165, 1.54) is 6.07 Å². The van der Waals surface area contributed by atoms with Crippen LogP contribution in [-0.4, -0.2) is 20.9 Å². The smallest absolute Gasteiger partial charge is 0.297 e. The van der Waals surface area contributed by atoms with Gasteiger partial charge in [-0.15, -0.1) is 0 Å². The summed E-state index contributed by atoms with van der Waals surface area (Å²) >= 11 is 0. The number of rotatable bonds is 2. The summed E-state index contributed by atoms with van der Waals surface area (Å²) in [5.41, 5.74) is 5.77. The molecule has 8 nitrogen and oxygen atoms in total. The molecule has 0 fully saturated rings. The number of guanidine groups is 1. The lowest BCUT2D eigenvalue weighted by atomic mass is 10.3.